The maximum Gasteiger partial charge on any atom is 0.167 e. The van der Waals surface area contributed by atoms with Gasteiger partial charge in [-0.2, -0.15) is 14.9 Å². The molecule has 160 valence electrons. The predicted octanol–water partition coefficient (Wildman–Crippen LogP) is 1.37. The SMILES string of the molecule is C#CC1CC2OC1CC2(O)c1cc(N2CCOC[C@H]2C)nc2c1cnn2-c1ccn[nH]1. The molecule has 4 unspecified atom stereocenters. The lowest BCUT2D eigenvalue weighted by Crippen LogP contribution is -2.44. The van der Waals surface area contributed by atoms with Gasteiger partial charge in [0.2, 0.25) is 0 Å². The van der Waals surface area contributed by atoms with Gasteiger partial charge in [-0.15, -0.1) is 12.3 Å². The van der Waals surface area contributed by atoms with Gasteiger partial charge in [-0.25, -0.2) is 4.98 Å². The molecular formula is C22H24N6O3. The lowest BCUT2D eigenvalue weighted by atomic mass is 9.75. The quantitative estimate of drug-likeness (QED) is 0.617. The molecule has 3 aliphatic heterocycles. The zero-order valence-electron chi connectivity index (χ0n) is 17.2. The monoisotopic (exact) mass is 420 g/mol. The number of fused-ring (bicyclic) bond motifs is 3. The maximum absolute atomic E-state index is 11.9. The molecule has 31 heavy (non-hydrogen) atoms. The van der Waals surface area contributed by atoms with Crippen molar-refractivity contribution in [2.75, 3.05) is 24.7 Å². The molecule has 2 bridgehead atoms. The molecule has 0 spiro atoms. The van der Waals surface area contributed by atoms with E-state index in [2.05, 4.69) is 33.0 Å². The molecule has 6 heterocycles. The number of morpholine rings is 1. The number of nitrogens with one attached hydrogen (secondary N) is 1. The number of H-pyrrole nitrogens is 1. The minimum atomic E-state index is -1.13. The van der Waals surface area contributed by atoms with Gasteiger partial charge in [0.1, 0.15) is 11.4 Å². The van der Waals surface area contributed by atoms with E-state index in [4.69, 9.17) is 20.9 Å². The van der Waals surface area contributed by atoms with Gasteiger partial charge in [0.05, 0.1) is 43.9 Å². The molecular weight excluding hydrogens is 396 g/mol. The fourth-order valence-electron chi connectivity index (χ4n) is 5.24. The number of nitrogens with zero attached hydrogens (tertiary/aromatic N) is 5. The summed E-state index contributed by atoms with van der Waals surface area (Å²) in [5.74, 6) is 4.37. The number of hydrogen-bond acceptors (Lipinski definition) is 7. The molecule has 0 aromatic carbocycles. The normalized spacial score (nSPS) is 32.6. The fourth-order valence-corrected chi connectivity index (χ4v) is 5.24. The van der Waals surface area contributed by atoms with Crippen LogP contribution in [0.4, 0.5) is 5.82 Å². The largest absolute Gasteiger partial charge is 0.382 e. The third kappa shape index (κ3) is 2.72. The van der Waals surface area contributed by atoms with E-state index in [1.54, 1.807) is 17.1 Å². The Morgan fingerprint density at radius 2 is 2.32 bits per heavy atom. The Kier molecular flexibility index (Phi) is 4.12. The molecule has 0 amide bonds. The summed E-state index contributed by atoms with van der Waals surface area (Å²) in [4.78, 5) is 7.18. The van der Waals surface area contributed by atoms with Crippen molar-refractivity contribution < 1.29 is 14.6 Å². The van der Waals surface area contributed by atoms with Gasteiger partial charge in [0.15, 0.2) is 11.5 Å². The first-order valence-electron chi connectivity index (χ1n) is 10.7. The minimum Gasteiger partial charge on any atom is -0.382 e. The standard InChI is InChI=1S/C22H24N6O3/c1-3-14-8-18-22(29,10-17(14)31-18)16-9-20(27-6-7-30-12-13(27)2)25-21-15(16)11-24-28(21)19-4-5-23-26-19/h1,4-5,9,11,13-14,17-18,29H,6-8,10,12H2,2H3,(H,23,26)/t13-,14?,17?,18?,22?/m1/s1. The first-order valence-corrected chi connectivity index (χ1v) is 10.7. The Bertz CT molecular complexity index is 1170. The summed E-state index contributed by atoms with van der Waals surface area (Å²) in [5, 5.41) is 24.2. The number of rotatable bonds is 3. The molecule has 9 heteroatoms. The summed E-state index contributed by atoms with van der Waals surface area (Å²) in [6, 6.07) is 4.01. The summed E-state index contributed by atoms with van der Waals surface area (Å²) in [6.07, 6.45) is 9.76. The van der Waals surface area contributed by atoms with E-state index in [-0.39, 0.29) is 24.2 Å². The van der Waals surface area contributed by atoms with E-state index in [1.165, 1.54) is 0 Å². The van der Waals surface area contributed by atoms with E-state index in [1.807, 2.05) is 12.1 Å². The number of hydrogen-bond donors (Lipinski definition) is 2. The van der Waals surface area contributed by atoms with E-state index < -0.39 is 5.60 Å². The third-order valence-corrected chi connectivity index (χ3v) is 6.89. The van der Waals surface area contributed by atoms with E-state index in [0.717, 1.165) is 23.3 Å². The number of anilines is 1. The first kappa shape index (κ1) is 18.8. The Hall–Kier alpha value is -2.93. The maximum atomic E-state index is 11.9. The molecule has 3 aliphatic rings. The molecule has 0 saturated carbocycles. The second kappa shape index (κ2) is 6.79. The van der Waals surface area contributed by atoms with Gasteiger partial charge < -0.3 is 19.5 Å². The van der Waals surface area contributed by atoms with Crippen LogP contribution in [0, 0.1) is 18.3 Å². The van der Waals surface area contributed by atoms with Crippen LogP contribution in [0.2, 0.25) is 0 Å². The van der Waals surface area contributed by atoms with Gasteiger partial charge in [0.25, 0.3) is 0 Å². The highest BCUT2D eigenvalue weighted by atomic mass is 16.5. The third-order valence-electron chi connectivity index (χ3n) is 6.89. The van der Waals surface area contributed by atoms with Crippen LogP contribution in [0.1, 0.15) is 25.3 Å². The van der Waals surface area contributed by atoms with Crippen LogP contribution >= 0.6 is 0 Å². The van der Waals surface area contributed by atoms with Crippen molar-refractivity contribution in [2.45, 2.75) is 43.6 Å². The predicted molar refractivity (Wildman–Crippen MR) is 113 cm³/mol. The second-order valence-corrected chi connectivity index (χ2v) is 8.68. The number of pyridine rings is 1. The van der Waals surface area contributed by atoms with Crippen molar-refractivity contribution in [1.29, 1.82) is 0 Å². The van der Waals surface area contributed by atoms with E-state index in [0.29, 0.717) is 37.5 Å². The van der Waals surface area contributed by atoms with Crippen LogP contribution in [0.25, 0.3) is 16.9 Å². The van der Waals surface area contributed by atoms with Crippen molar-refractivity contribution in [3.8, 4) is 18.2 Å². The van der Waals surface area contributed by atoms with Crippen molar-refractivity contribution >= 4 is 16.9 Å². The summed E-state index contributed by atoms with van der Waals surface area (Å²) >= 11 is 0. The van der Waals surface area contributed by atoms with Crippen LogP contribution in [0.15, 0.2) is 24.5 Å². The highest BCUT2D eigenvalue weighted by molar-refractivity contribution is 5.83. The summed E-state index contributed by atoms with van der Waals surface area (Å²) < 4.78 is 13.4. The molecule has 2 N–H and O–H groups in total. The number of aromatic amines is 1. The van der Waals surface area contributed by atoms with Gasteiger partial charge in [-0.05, 0) is 19.4 Å². The summed E-state index contributed by atoms with van der Waals surface area (Å²) in [5.41, 5.74) is 0.325. The molecule has 3 aromatic rings. The van der Waals surface area contributed by atoms with Crippen molar-refractivity contribution in [1.82, 2.24) is 25.0 Å². The van der Waals surface area contributed by atoms with Crippen LogP contribution in [0.3, 0.4) is 0 Å². The van der Waals surface area contributed by atoms with Gasteiger partial charge in [-0.1, -0.05) is 0 Å². The molecule has 0 aliphatic carbocycles. The molecule has 6 rings (SSSR count). The molecule has 3 aromatic heterocycles. The highest BCUT2D eigenvalue weighted by Crippen LogP contribution is 2.51. The zero-order valence-corrected chi connectivity index (χ0v) is 17.2. The Labute approximate surface area is 179 Å². The smallest absolute Gasteiger partial charge is 0.167 e. The van der Waals surface area contributed by atoms with Crippen molar-refractivity contribution in [3.63, 3.8) is 0 Å². The number of terminal acetylenes is 1. The van der Waals surface area contributed by atoms with Crippen LogP contribution in [-0.2, 0) is 15.1 Å². The molecule has 5 atom stereocenters. The van der Waals surface area contributed by atoms with Crippen molar-refractivity contribution in [2.24, 2.45) is 5.92 Å². The molecule has 9 nitrogen and oxygen atoms in total. The zero-order chi connectivity index (χ0) is 21.2. The van der Waals surface area contributed by atoms with Crippen LogP contribution in [0.5, 0.6) is 0 Å². The fraction of sp³-hybridized carbons (Fsp3) is 0.500. The molecule has 3 saturated heterocycles. The number of ether oxygens (including phenoxy) is 2. The Balaban J connectivity index is 1.53. The molecule has 0 radical (unpaired) electrons. The van der Waals surface area contributed by atoms with Crippen LogP contribution in [-0.4, -0.2) is 68.1 Å². The van der Waals surface area contributed by atoms with E-state index in [9.17, 15) is 5.11 Å². The Morgan fingerprint density at radius 1 is 1.42 bits per heavy atom. The average molecular weight is 420 g/mol. The Morgan fingerprint density at radius 3 is 3.03 bits per heavy atom. The minimum absolute atomic E-state index is 0.0501. The van der Waals surface area contributed by atoms with E-state index >= 15 is 0 Å². The van der Waals surface area contributed by atoms with Crippen molar-refractivity contribution in [3.05, 3.63) is 30.1 Å². The summed E-state index contributed by atoms with van der Waals surface area (Å²) in [6.45, 7) is 4.12. The number of aromatic nitrogens is 5. The molecule has 3 fully saturated rings. The van der Waals surface area contributed by atoms with Gasteiger partial charge in [0, 0.05) is 35.9 Å². The number of aliphatic hydroxyl groups is 1. The second-order valence-electron chi connectivity index (χ2n) is 8.68. The topological polar surface area (TPSA) is 101 Å². The van der Waals surface area contributed by atoms with Gasteiger partial charge >= 0.3 is 0 Å². The average Bonchev–Trinajstić information content (AvgIpc) is 3.55. The first-order chi connectivity index (χ1) is 15.1. The van der Waals surface area contributed by atoms with Gasteiger partial charge in [-0.3, -0.25) is 5.10 Å². The highest BCUT2D eigenvalue weighted by Gasteiger charge is 2.57. The lowest BCUT2D eigenvalue weighted by Gasteiger charge is -2.36. The lowest BCUT2D eigenvalue weighted by molar-refractivity contribution is -0.0328. The van der Waals surface area contributed by atoms with Crippen LogP contribution < -0.4 is 4.90 Å². The summed E-state index contributed by atoms with van der Waals surface area (Å²) in [7, 11) is 0.